The summed E-state index contributed by atoms with van der Waals surface area (Å²) in [5, 5.41) is 12.4. The molecular weight excluding hydrogens is 330 g/mol. The lowest BCUT2D eigenvalue weighted by Crippen LogP contribution is -2.46. The lowest BCUT2D eigenvalue weighted by atomic mass is 10.0. The fourth-order valence-electron chi connectivity index (χ4n) is 2.47. The van der Waals surface area contributed by atoms with Crippen LogP contribution in [0.4, 0.5) is 4.79 Å². The van der Waals surface area contributed by atoms with Crippen LogP contribution in [-0.2, 0) is 18.0 Å². The van der Waals surface area contributed by atoms with E-state index in [1.165, 1.54) is 0 Å². The Balaban J connectivity index is 4.21. The Morgan fingerprint density at radius 3 is 2.04 bits per heavy atom. The van der Waals surface area contributed by atoms with E-state index >= 15 is 0 Å². The Kier molecular flexibility index (Phi) is 11.5. The molecule has 1 amide bonds. The van der Waals surface area contributed by atoms with Crippen molar-refractivity contribution in [3.63, 3.8) is 0 Å². The van der Waals surface area contributed by atoms with Crippen LogP contribution in [0, 0.1) is 0 Å². The minimum atomic E-state index is -2.66. The number of hydrogen-bond acceptors (Lipinski definition) is 6. The van der Waals surface area contributed by atoms with Gasteiger partial charge in [0.15, 0.2) is 0 Å². The van der Waals surface area contributed by atoms with Crippen molar-refractivity contribution >= 4 is 14.9 Å². The standard InChI is InChI=1S/C16H35NO6Si/c1-7-20-24(21-8-2,22-9-3)12-10-11-17-15(18)23-14(4)13-16(5,6)19/h14,19H,7-13H2,1-6H3,(H,17,18). The number of alkyl carbamates (subject to hydrolysis) is 1. The predicted octanol–water partition coefficient (Wildman–Crippen LogP) is 2.70. The molecule has 1 unspecified atom stereocenters. The highest BCUT2D eigenvalue weighted by Gasteiger charge is 2.39. The third-order valence-corrected chi connectivity index (χ3v) is 6.27. The van der Waals surface area contributed by atoms with Gasteiger partial charge < -0.3 is 28.4 Å². The Labute approximate surface area is 147 Å². The molecule has 0 aliphatic rings. The van der Waals surface area contributed by atoms with Gasteiger partial charge in [-0.05, 0) is 48.0 Å². The summed E-state index contributed by atoms with van der Waals surface area (Å²) in [6.07, 6.45) is 0.230. The predicted molar refractivity (Wildman–Crippen MR) is 94.9 cm³/mol. The number of aliphatic hydroxyl groups is 1. The summed E-state index contributed by atoms with van der Waals surface area (Å²) in [6, 6.07) is 0.641. The molecule has 1 atom stereocenters. The lowest BCUT2D eigenvalue weighted by molar-refractivity contribution is 0.0150. The topological polar surface area (TPSA) is 86.3 Å². The van der Waals surface area contributed by atoms with Crippen molar-refractivity contribution in [2.45, 2.75) is 72.1 Å². The van der Waals surface area contributed by atoms with Crippen LogP contribution in [0.3, 0.4) is 0 Å². The van der Waals surface area contributed by atoms with Crippen molar-refractivity contribution in [3.05, 3.63) is 0 Å². The van der Waals surface area contributed by atoms with Crippen molar-refractivity contribution in [2.24, 2.45) is 0 Å². The van der Waals surface area contributed by atoms with Crippen LogP contribution in [0.5, 0.6) is 0 Å². The van der Waals surface area contributed by atoms with Gasteiger partial charge in [0.05, 0.1) is 5.60 Å². The molecule has 0 saturated carbocycles. The number of ether oxygens (including phenoxy) is 1. The van der Waals surface area contributed by atoms with Gasteiger partial charge in [0, 0.05) is 38.8 Å². The minimum Gasteiger partial charge on any atom is -0.446 e. The lowest BCUT2D eigenvalue weighted by Gasteiger charge is -2.28. The Morgan fingerprint density at radius 2 is 1.62 bits per heavy atom. The van der Waals surface area contributed by atoms with Crippen molar-refractivity contribution in [2.75, 3.05) is 26.4 Å². The quantitative estimate of drug-likeness (QED) is 0.385. The fraction of sp³-hybridized carbons (Fsp3) is 0.938. The molecule has 7 nitrogen and oxygen atoms in total. The van der Waals surface area contributed by atoms with Gasteiger partial charge in [-0.25, -0.2) is 4.79 Å². The van der Waals surface area contributed by atoms with E-state index in [4.69, 9.17) is 18.0 Å². The molecule has 0 bridgehead atoms. The van der Waals surface area contributed by atoms with Gasteiger partial charge in [0.1, 0.15) is 6.10 Å². The van der Waals surface area contributed by atoms with Crippen LogP contribution >= 0.6 is 0 Å². The van der Waals surface area contributed by atoms with Gasteiger partial charge in [0.25, 0.3) is 0 Å². The van der Waals surface area contributed by atoms with Crippen LogP contribution in [-0.4, -0.2) is 58.1 Å². The van der Waals surface area contributed by atoms with E-state index in [0.717, 1.165) is 0 Å². The molecule has 0 heterocycles. The highest BCUT2D eigenvalue weighted by atomic mass is 28.4. The molecule has 144 valence electrons. The Hall–Kier alpha value is -0.673. The molecule has 0 aromatic heterocycles. The molecule has 0 fully saturated rings. The van der Waals surface area contributed by atoms with Gasteiger partial charge in [-0.1, -0.05) is 0 Å². The molecule has 0 rings (SSSR count). The van der Waals surface area contributed by atoms with E-state index < -0.39 is 20.5 Å². The number of carbonyl (C=O) groups is 1. The average molecular weight is 366 g/mol. The number of rotatable bonds is 13. The van der Waals surface area contributed by atoms with E-state index in [-0.39, 0.29) is 6.10 Å². The first-order valence-electron chi connectivity index (χ1n) is 8.76. The maximum atomic E-state index is 11.7. The molecule has 8 heteroatoms. The second kappa shape index (κ2) is 11.8. The van der Waals surface area contributed by atoms with E-state index in [1.54, 1.807) is 20.8 Å². The SMILES string of the molecule is CCO[Si](CCCNC(=O)OC(C)CC(C)(C)O)(OCC)OCC. The van der Waals surface area contributed by atoms with Crippen LogP contribution in [0.1, 0.15) is 54.4 Å². The molecule has 0 aliphatic heterocycles. The zero-order valence-corrected chi connectivity index (χ0v) is 17.0. The van der Waals surface area contributed by atoms with Crippen LogP contribution in [0.25, 0.3) is 0 Å². The minimum absolute atomic E-state index is 0.353. The third kappa shape index (κ3) is 11.0. The second-order valence-electron chi connectivity index (χ2n) is 6.24. The zero-order chi connectivity index (χ0) is 18.6. The van der Waals surface area contributed by atoms with Crippen molar-refractivity contribution in [3.8, 4) is 0 Å². The average Bonchev–Trinajstić information content (AvgIpc) is 2.42. The van der Waals surface area contributed by atoms with Crippen LogP contribution in [0.15, 0.2) is 0 Å². The van der Waals surface area contributed by atoms with Crippen LogP contribution < -0.4 is 5.32 Å². The van der Waals surface area contributed by atoms with Crippen LogP contribution in [0.2, 0.25) is 6.04 Å². The monoisotopic (exact) mass is 365 g/mol. The number of amides is 1. The molecular formula is C16H35NO6Si. The molecule has 0 aromatic rings. The summed E-state index contributed by atoms with van der Waals surface area (Å²) in [5.41, 5.74) is -0.864. The summed E-state index contributed by atoms with van der Waals surface area (Å²) in [7, 11) is -2.66. The summed E-state index contributed by atoms with van der Waals surface area (Å²) in [6.45, 7) is 12.9. The van der Waals surface area contributed by atoms with E-state index in [2.05, 4.69) is 5.32 Å². The largest absolute Gasteiger partial charge is 0.500 e. The highest BCUT2D eigenvalue weighted by molar-refractivity contribution is 6.60. The molecule has 2 N–H and O–H groups in total. The number of hydrogen-bond donors (Lipinski definition) is 2. The van der Waals surface area contributed by atoms with Gasteiger partial charge in [0.2, 0.25) is 0 Å². The molecule has 0 aromatic carbocycles. The number of carbonyl (C=O) groups excluding carboxylic acids is 1. The van der Waals surface area contributed by atoms with Crippen molar-refractivity contribution in [1.29, 1.82) is 0 Å². The van der Waals surface area contributed by atoms with E-state index in [0.29, 0.717) is 45.3 Å². The number of nitrogens with one attached hydrogen (secondary N) is 1. The second-order valence-corrected chi connectivity index (χ2v) is 8.98. The van der Waals surface area contributed by atoms with Gasteiger partial charge >= 0.3 is 14.9 Å². The Morgan fingerprint density at radius 1 is 1.12 bits per heavy atom. The zero-order valence-electron chi connectivity index (χ0n) is 16.0. The van der Waals surface area contributed by atoms with Gasteiger partial charge in [-0.2, -0.15) is 0 Å². The van der Waals surface area contributed by atoms with Crippen molar-refractivity contribution in [1.82, 2.24) is 5.32 Å². The fourth-order valence-corrected chi connectivity index (χ4v) is 5.08. The summed E-state index contributed by atoms with van der Waals surface area (Å²) in [4.78, 5) is 11.7. The normalized spacial score (nSPS) is 13.6. The highest BCUT2D eigenvalue weighted by Crippen LogP contribution is 2.18. The van der Waals surface area contributed by atoms with Crippen molar-refractivity contribution < 1.29 is 27.9 Å². The third-order valence-electron chi connectivity index (χ3n) is 3.12. The maximum Gasteiger partial charge on any atom is 0.500 e. The van der Waals surface area contributed by atoms with Gasteiger partial charge in [-0.15, -0.1) is 0 Å². The molecule has 0 saturated heterocycles. The Bertz CT molecular complexity index is 331. The first-order chi connectivity index (χ1) is 11.2. The van der Waals surface area contributed by atoms with Gasteiger partial charge in [-0.3, -0.25) is 0 Å². The van der Waals surface area contributed by atoms with E-state index in [1.807, 2.05) is 20.8 Å². The molecule has 0 aliphatic carbocycles. The molecule has 0 spiro atoms. The summed E-state index contributed by atoms with van der Waals surface area (Å²) >= 11 is 0. The summed E-state index contributed by atoms with van der Waals surface area (Å²) in [5.74, 6) is 0. The summed E-state index contributed by atoms with van der Waals surface area (Å²) < 4.78 is 22.5. The molecule has 0 radical (unpaired) electrons. The van der Waals surface area contributed by atoms with E-state index in [9.17, 15) is 9.90 Å². The smallest absolute Gasteiger partial charge is 0.446 e. The first kappa shape index (κ1) is 23.3. The first-order valence-corrected chi connectivity index (χ1v) is 10.7. The molecule has 24 heavy (non-hydrogen) atoms. The maximum absolute atomic E-state index is 11.7.